The van der Waals surface area contributed by atoms with Gasteiger partial charge in [-0.1, -0.05) is 18.2 Å². The van der Waals surface area contributed by atoms with E-state index < -0.39 is 5.95 Å². The van der Waals surface area contributed by atoms with Crippen molar-refractivity contribution < 1.29 is 9.18 Å². The molecule has 3 rings (SSSR count). The number of likely N-dealkylation sites (tertiary alicyclic amines) is 1. The van der Waals surface area contributed by atoms with Crippen molar-refractivity contribution in [3.63, 3.8) is 0 Å². The molecule has 1 N–H and O–H groups in total. The van der Waals surface area contributed by atoms with Gasteiger partial charge >= 0.3 is 0 Å². The number of amides is 1. The number of rotatable bonds is 3. The number of nitrogens with zero attached hydrogens (tertiary/aromatic N) is 4. The molecule has 1 aromatic carbocycles. The molecule has 0 saturated carbocycles. The van der Waals surface area contributed by atoms with E-state index in [1.54, 1.807) is 36.2 Å². The fraction of sp³-hybridized carbons (Fsp3) is 0.312. The van der Waals surface area contributed by atoms with Crippen LogP contribution in [0.1, 0.15) is 28.4 Å². The lowest BCUT2D eigenvalue weighted by Crippen LogP contribution is -2.17. The highest BCUT2D eigenvalue weighted by Gasteiger charge is 2.31. The average molecular weight is 313 g/mol. The van der Waals surface area contributed by atoms with Crippen LogP contribution in [0.25, 0.3) is 0 Å². The minimum Gasteiger partial charge on any atom is -0.317 e. The molecule has 0 bridgehead atoms. The van der Waals surface area contributed by atoms with Crippen LogP contribution in [0.3, 0.4) is 0 Å². The highest BCUT2D eigenvalue weighted by Crippen LogP contribution is 2.33. The van der Waals surface area contributed by atoms with E-state index >= 15 is 0 Å². The molecule has 7 heteroatoms. The Labute approximate surface area is 133 Å². The summed E-state index contributed by atoms with van der Waals surface area (Å²) in [5.41, 5.74) is 1.17. The molecule has 0 unspecified atom stereocenters. The molecule has 118 valence electrons. The second-order valence-electron chi connectivity index (χ2n) is 5.53. The summed E-state index contributed by atoms with van der Waals surface area (Å²) < 4.78 is 15.6. The van der Waals surface area contributed by atoms with E-state index in [-0.39, 0.29) is 17.5 Å². The molecule has 6 nitrogen and oxygen atoms in total. The van der Waals surface area contributed by atoms with Crippen molar-refractivity contribution in [1.29, 1.82) is 5.26 Å². The summed E-state index contributed by atoms with van der Waals surface area (Å²) in [5, 5.41) is 15.4. The van der Waals surface area contributed by atoms with E-state index in [1.807, 2.05) is 6.07 Å². The first-order valence-corrected chi connectivity index (χ1v) is 7.33. The van der Waals surface area contributed by atoms with Crippen molar-refractivity contribution in [2.75, 3.05) is 18.4 Å². The predicted octanol–water partition coefficient (Wildman–Crippen LogP) is 2.08. The third-order valence-corrected chi connectivity index (χ3v) is 4.04. The maximum atomic E-state index is 14.2. The number of hydrogen-bond donors (Lipinski definition) is 1. The largest absolute Gasteiger partial charge is 0.317 e. The monoisotopic (exact) mass is 313 g/mol. The Morgan fingerprint density at radius 2 is 2.17 bits per heavy atom. The zero-order chi connectivity index (χ0) is 16.4. The second-order valence-corrected chi connectivity index (χ2v) is 5.53. The van der Waals surface area contributed by atoms with Crippen molar-refractivity contribution in [1.82, 2.24) is 14.7 Å². The quantitative estimate of drug-likeness (QED) is 0.881. The third-order valence-electron chi connectivity index (χ3n) is 4.04. The minimum atomic E-state index is -0.706. The summed E-state index contributed by atoms with van der Waals surface area (Å²) in [6.07, 6.45) is 2.82. The average Bonchev–Trinajstić information content (AvgIpc) is 3.13. The van der Waals surface area contributed by atoms with Gasteiger partial charge in [-0.15, -0.1) is 5.10 Å². The van der Waals surface area contributed by atoms with Crippen LogP contribution in [0.15, 0.2) is 30.3 Å². The number of aromatic nitrogens is 2. The lowest BCUT2D eigenvalue weighted by molar-refractivity contribution is 0.102. The lowest BCUT2D eigenvalue weighted by atomic mass is 10.0. The van der Waals surface area contributed by atoms with Crippen LogP contribution in [-0.4, -0.2) is 33.7 Å². The van der Waals surface area contributed by atoms with Gasteiger partial charge in [-0.3, -0.25) is 9.48 Å². The maximum Gasteiger partial charge on any atom is 0.256 e. The predicted molar refractivity (Wildman–Crippen MR) is 82.1 cm³/mol. The molecule has 2 aromatic rings. The van der Waals surface area contributed by atoms with Gasteiger partial charge in [0.2, 0.25) is 0 Å². The molecule has 23 heavy (non-hydrogen) atoms. The Morgan fingerprint density at radius 1 is 1.43 bits per heavy atom. The first-order chi connectivity index (χ1) is 11.1. The summed E-state index contributed by atoms with van der Waals surface area (Å²) >= 11 is 0. The van der Waals surface area contributed by atoms with E-state index in [0.717, 1.165) is 6.42 Å². The van der Waals surface area contributed by atoms with Crippen molar-refractivity contribution in [3.05, 3.63) is 47.5 Å². The van der Waals surface area contributed by atoms with Crippen LogP contribution >= 0.6 is 0 Å². The van der Waals surface area contributed by atoms with Gasteiger partial charge in [0.25, 0.3) is 11.9 Å². The molecule has 1 aliphatic rings. The van der Waals surface area contributed by atoms with Crippen LogP contribution in [0.4, 0.5) is 10.1 Å². The topological polar surface area (TPSA) is 74.0 Å². The Hall–Kier alpha value is -2.88. The third kappa shape index (κ3) is 2.88. The first kappa shape index (κ1) is 15.0. The summed E-state index contributed by atoms with van der Waals surface area (Å²) in [6.45, 7) is 1.13. The van der Waals surface area contributed by atoms with Crippen molar-refractivity contribution >= 4 is 11.6 Å². The molecule has 1 aliphatic heterocycles. The van der Waals surface area contributed by atoms with Crippen LogP contribution in [0, 0.1) is 17.4 Å². The highest BCUT2D eigenvalue weighted by molar-refractivity contribution is 6.04. The van der Waals surface area contributed by atoms with Gasteiger partial charge in [-0.25, -0.2) is 0 Å². The van der Waals surface area contributed by atoms with Gasteiger partial charge in [0.1, 0.15) is 5.69 Å². The lowest BCUT2D eigenvalue weighted by Gasteiger charge is -2.13. The van der Waals surface area contributed by atoms with Crippen LogP contribution in [0.5, 0.6) is 0 Å². The van der Waals surface area contributed by atoms with Gasteiger partial charge in [-0.2, -0.15) is 9.65 Å². The molecular weight excluding hydrogens is 297 g/mol. The molecule has 0 spiro atoms. The molecule has 1 saturated heterocycles. The van der Waals surface area contributed by atoms with Crippen LogP contribution < -0.4 is 5.32 Å². The number of carbonyl (C=O) groups is 1. The Kier molecular flexibility index (Phi) is 3.98. The highest BCUT2D eigenvalue weighted by atomic mass is 19.1. The molecule has 0 aliphatic carbocycles. The number of benzene rings is 1. The van der Waals surface area contributed by atoms with Crippen LogP contribution in [0.2, 0.25) is 0 Å². The molecule has 0 radical (unpaired) electrons. The summed E-state index contributed by atoms with van der Waals surface area (Å²) in [4.78, 5) is 13.9. The number of carbonyl (C=O) groups excluding carboxylic acids is 1. The minimum absolute atomic E-state index is 0.0391. The molecule has 2 heterocycles. The molecular formula is C16H16FN5O. The number of aryl methyl sites for hydroxylation is 1. The van der Waals surface area contributed by atoms with Crippen molar-refractivity contribution in [2.24, 2.45) is 7.05 Å². The molecule has 1 fully saturated rings. The smallest absolute Gasteiger partial charge is 0.256 e. The fourth-order valence-corrected chi connectivity index (χ4v) is 2.94. The SMILES string of the molecule is Cn1nc(F)c(NC(=O)c2ccccc2)c1[C@@H]1CCN(C#N)C1. The molecule has 1 atom stereocenters. The fourth-order valence-electron chi connectivity index (χ4n) is 2.94. The zero-order valence-corrected chi connectivity index (χ0v) is 12.7. The number of hydrogen-bond acceptors (Lipinski definition) is 4. The first-order valence-electron chi connectivity index (χ1n) is 7.33. The van der Waals surface area contributed by atoms with E-state index in [4.69, 9.17) is 5.26 Å². The van der Waals surface area contributed by atoms with Gasteiger partial charge < -0.3 is 10.2 Å². The van der Waals surface area contributed by atoms with E-state index in [9.17, 15) is 9.18 Å². The van der Waals surface area contributed by atoms with E-state index in [2.05, 4.69) is 16.6 Å². The summed E-state index contributed by atoms with van der Waals surface area (Å²) in [5.74, 6) is -1.13. The summed E-state index contributed by atoms with van der Waals surface area (Å²) in [6, 6.07) is 8.63. The van der Waals surface area contributed by atoms with Gasteiger partial charge in [0.05, 0.1) is 5.69 Å². The van der Waals surface area contributed by atoms with E-state index in [0.29, 0.717) is 24.3 Å². The Morgan fingerprint density at radius 3 is 2.83 bits per heavy atom. The van der Waals surface area contributed by atoms with Gasteiger partial charge in [-0.05, 0) is 18.6 Å². The standard InChI is InChI=1S/C16H16FN5O/c1-21-14(12-7-8-22(9-12)10-18)13(15(17)20-21)19-16(23)11-5-3-2-4-6-11/h2-6,12H,7-9H2,1H3,(H,19,23)/t12-/m1/s1. The second kappa shape index (κ2) is 6.08. The number of anilines is 1. The Bertz CT molecular complexity index is 765. The maximum absolute atomic E-state index is 14.2. The van der Waals surface area contributed by atoms with Crippen molar-refractivity contribution in [3.8, 4) is 6.19 Å². The van der Waals surface area contributed by atoms with Crippen molar-refractivity contribution in [2.45, 2.75) is 12.3 Å². The Balaban J connectivity index is 1.88. The molecule has 1 amide bonds. The van der Waals surface area contributed by atoms with Gasteiger partial charge in [0.15, 0.2) is 6.19 Å². The number of halogens is 1. The summed E-state index contributed by atoms with van der Waals surface area (Å²) in [7, 11) is 1.64. The van der Waals surface area contributed by atoms with Gasteiger partial charge in [0, 0.05) is 31.6 Å². The zero-order valence-electron chi connectivity index (χ0n) is 12.7. The number of nitrogens with one attached hydrogen (secondary N) is 1. The van der Waals surface area contributed by atoms with E-state index in [1.165, 1.54) is 4.68 Å². The normalized spacial score (nSPS) is 17.1. The van der Waals surface area contributed by atoms with Crippen LogP contribution in [-0.2, 0) is 7.05 Å². The number of nitriles is 1. The molecule has 1 aromatic heterocycles.